The lowest BCUT2D eigenvalue weighted by Gasteiger charge is -2.07. The highest BCUT2D eigenvalue weighted by molar-refractivity contribution is 5.30. The van der Waals surface area contributed by atoms with E-state index in [0.717, 1.165) is 18.4 Å². The van der Waals surface area contributed by atoms with Gasteiger partial charge >= 0.3 is 0 Å². The van der Waals surface area contributed by atoms with E-state index in [9.17, 15) is 4.39 Å². The van der Waals surface area contributed by atoms with Gasteiger partial charge in [0.15, 0.2) is 0 Å². The molecular weight excluding hydrogens is 193 g/mol. The average Bonchev–Trinajstić information content (AvgIpc) is 2.26. The first-order valence-electron chi connectivity index (χ1n) is 5.46. The quantitative estimate of drug-likeness (QED) is 0.531. The predicted octanol–water partition coefficient (Wildman–Crippen LogP) is 3.35. The summed E-state index contributed by atoms with van der Waals surface area (Å²) in [6.07, 6.45) is 7.26. The largest absolute Gasteiger partial charge is 0.496 e. The summed E-state index contributed by atoms with van der Waals surface area (Å²) in [4.78, 5) is 3.64. The zero-order chi connectivity index (χ0) is 11.1. The maximum absolute atomic E-state index is 12.8. The molecule has 3 heteroatoms. The van der Waals surface area contributed by atoms with Crippen LogP contribution in [0.5, 0.6) is 5.75 Å². The summed E-state index contributed by atoms with van der Waals surface area (Å²) in [5, 5.41) is 0. The molecule has 0 radical (unpaired) electrons. The number of hydrogen-bond acceptors (Lipinski definition) is 2. The highest BCUT2D eigenvalue weighted by atomic mass is 19.1. The van der Waals surface area contributed by atoms with Crippen LogP contribution >= 0.6 is 0 Å². The van der Waals surface area contributed by atoms with Gasteiger partial charge < -0.3 is 4.74 Å². The zero-order valence-corrected chi connectivity index (χ0v) is 9.42. The third-order valence-corrected chi connectivity index (χ3v) is 2.43. The van der Waals surface area contributed by atoms with Crippen molar-refractivity contribution in [1.82, 2.24) is 4.98 Å². The van der Waals surface area contributed by atoms with Crippen LogP contribution in [0, 0.1) is 5.95 Å². The molecule has 1 aromatic heterocycles. The minimum Gasteiger partial charge on any atom is -0.496 e. The Hall–Kier alpha value is -1.12. The van der Waals surface area contributed by atoms with Crippen LogP contribution in [0.2, 0.25) is 0 Å². The standard InChI is InChI=1S/C12H18FNO/c1-3-4-5-6-7-10-9-14-12(13)8-11(10)15-2/h8-9H,3-7H2,1-2H3. The van der Waals surface area contributed by atoms with Crippen LogP contribution in [0.15, 0.2) is 12.3 Å². The second-order valence-corrected chi connectivity index (χ2v) is 3.63. The number of pyridine rings is 1. The molecule has 15 heavy (non-hydrogen) atoms. The van der Waals surface area contributed by atoms with Gasteiger partial charge in [0, 0.05) is 17.8 Å². The van der Waals surface area contributed by atoms with Crippen molar-refractivity contribution < 1.29 is 9.13 Å². The molecular formula is C12H18FNO. The Morgan fingerprint density at radius 3 is 2.80 bits per heavy atom. The molecule has 0 aromatic carbocycles. The summed E-state index contributed by atoms with van der Waals surface area (Å²) in [6.45, 7) is 2.18. The first-order valence-corrected chi connectivity index (χ1v) is 5.46. The molecule has 2 nitrogen and oxygen atoms in total. The predicted molar refractivity (Wildman–Crippen MR) is 58.6 cm³/mol. The van der Waals surface area contributed by atoms with Gasteiger partial charge in [-0.25, -0.2) is 4.98 Å². The molecule has 0 aliphatic rings. The Bertz CT molecular complexity index is 302. The Labute approximate surface area is 90.5 Å². The van der Waals surface area contributed by atoms with Gasteiger partial charge in [0.2, 0.25) is 5.95 Å². The van der Waals surface area contributed by atoms with Gasteiger partial charge in [-0.1, -0.05) is 26.2 Å². The van der Waals surface area contributed by atoms with Gasteiger partial charge in [0.05, 0.1) is 7.11 Å². The van der Waals surface area contributed by atoms with E-state index in [-0.39, 0.29) is 0 Å². The smallest absolute Gasteiger partial charge is 0.216 e. The summed E-state index contributed by atoms with van der Waals surface area (Å²) < 4.78 is 17.9. The highest BCUT2D eigenvalue weighted by Crippen LogP contribution is 2.20. The third kappa shape index (κ3) is 3.86. The van der Waals surface area contributed by atoms with Crippen LogP contribution in [0.4, 0.5) is 4.39 Å². The van der Waals surface area contributed by atoms with E-state index in [1.165, 1.54) is 25.3 Å². The van der Waals surface area contributed by atoms with Crippen molar-refractivity contribution >= 4 is 0 Å². The molecule has 0 saturated carbocycles. The highest BCUT2D eigenvalue weighted by Gasteiger charge is 2.04. The van der Waals surface area contributed by atoms with Gasteiger partial charge in [-0.15, -0.1) is 0 Å². The van der Waals surface area contributed by atoms with Crippen LogP contribution in [-0.4, -0.2) is 12.1 Å². The van der Waals surface area contributed by atoms with E-state index in [0.29, 0.717) is 5.75 Å². The van der Waals surface area contributed by atoms with E-state index >= 15 is 0 Å². The lowest BCUT2D eigenvalue weighted by atomic mass is 10.1. The number of halogens is 1. The van der Waals surface area contributed by atoms with Gasteiger partial charge in [0.1, 0.15) is 5.75 Å². The van der Waals surface area contributed by atoms with Crippen LogP contribution in [0.25, 0.3) is 0 Å². The van der Waals surface area contributed by atoms with E-state index in [2.05, 4.69) is 11.9 Å². The molecule has 0 bridgehead atoms. The molecule has 0 N–H and O–H groups in total. The Kier molecular flexibility index (Phi) is 5.08. The van der Waals surface area contributed by atoms with Gasteiger partial charge in [0.25, 0.3) is 0 Å². The molecule has 1 aromatic rings. The van der Waals surface area contributed by atoms with Crippen molar-refractivity contribution in [2.45, 2.75) is 39.0 Å². The van der Waals surface area contributed by atoms with Gasteiger partial charge in [-0.05, 0) is 12.8 Å². The Morgan fingerprint density at radius 1 is 1.33 bits per heavy atom. The molecule has 0 aliphatic carbocycles. The topological polar surface area (TPSA) is 22.1 Å². The monoisotopic (exact) mass is 211 g/mol. The van der Waals surface area contributed by atoms with Crippen molar-refractivity contribution in [2.24, 2.45) is 0 Å². The minimum atomic E-state index is -0.482. The van der Waals surface area contributed by atoms with Crippen LogP contribution in [0.3, 0.4) is 0 Å². The number of aryl methyl sites for hydroxylation is 1. The van der Waals surface area contributed by atoms with Crippen molar-refractivity contribution in [3.05, 3.63) is 23.8 Å². The van der Waals surface area contributed by atoms with Crippen molar-refractivity contribution in [3.8, 4) is 5.75 Å². The molecule has 0 unspecified atom stereocenters. The summed E-state index contributed by atoms with van der Waals surface area (Å²) in [5.74, 6) is 0.128. The van der Waals surface area contributed by atoms with Crippen molar-refractivity contribution in [2.75, 3.05) is 7.11 Å². The summed E-state index contributed by atoms with van der Waals surface area (Å²) in [5.41, 5.74) is 0.995. The summed E-state index contributed by atoms with van der Waals surface area (Å²) >= 11 is 0. The molecule has 0 fully saturated rings. The molecule has 0 amide bonds. The van der Waals surface area contributed by atoms with E-state index in [1.54, 1.807) is 13.3 Å². The van der Waals surface area contributed by atoms with Crippen molar-refractivity contribution in [3.63, 3.8) is 0 Å². The number of hydrogen-bond donors (Lipinski definition) is 0. The normalized spacial score (nSPS) is 10.3. The van der Waals surface area contributed by atoms with Crippen LogP contribution < -0.4 is 4.74 Å². The average molecular weight is 211 g/mol. The zero-order valence-electron chi connectivity index (χ0n) is 9.42. The fourth-order valence-electron chi connectivity index (χ4n) is 1.56. The summed E-state index contributed by atoms with van der Waals surface area (Å²) in [7, 11) is 1.56. The summed E-state index contributed by atoms with van der Waals surface area (Å²) in [6, 6.07) is 1.34. The molecule has 1 rings (SSSR count). The second kappa shape index (κ2) is 6.38. The van der Waals surface area contributed by atoms with E-state index < -0.39 is 5.95 Å². The molecule has 0 aliphatic heterocycles. The Morgan fingerprint density at radius 2 is 2.13 bits per heavy atom. The lowest BCUT2D eigenvalue weighted by molar-refractivity contribution is 0.402. The van der Waals surface area contributed by atoms with E-state index in [4.69, 9.17) is 4.74 Å². The number of nitrogens with zero attached hydrogens (tertiary/aromatic N) is 1. The molecule has 1 heterocycles. The molecule has 0 spiro atoms. The first kappa shape index (κ1) is 12.0. The first-order chi connectivity index (χ1) is 7.27. The fraction of sp³-hybridized carbons (Fsp3) is 0.583. The number of ether oxygens (including phenoxy) is 1. The number of methoxy groups -OCH3 is 1. The Balaban J connectivity index is 2.52. The van der Waals surface area contributed by atoms with Crippen molar-refractivity contribution in [1.29, 1.82) is 0 Å². The van der Waals surface area contributed by atoms with E-state index in [1.807, 2.05) is 0 Å². The fourth-order valence-corrected chi connectivity index (χ4v) is 1.56. The minimum absolute atomic E-state index is 0.482. The molecule has 0 saturated heterocycles. The van der Waals surface area contributed by atoms with Crippen LogP contribution in [0.1, 0.15) is 38.2 Å². The van der Waals surface area contributed by atoms with Gasteiger partial charge in [-0.2, -0.15) is 4.39 Å². The number of aromatic nitrogens is 1. The maximum atomic E-state index is 12.8. The van der Waals surface area contributed by atoms with Crippen LogP contribution in [-0.2, 0) is 6.42 Å². The third-order valence-electron chi connectivity index (χ3n) is 2.43. The number of rotatable bonds is 6. The lowest BCUT2D eigenvalue weighted by Crippen LogP contribution is -1.95. The maximum Gasteiger partial charge on any atom is 0.216 e. The van der Waals surface area contributed by atoms with Gasteiger partial charge in [-0.3, -0.25) is 0 Å². The molecule has 0 atom stereocenters. The second-order valence-electron chi connectivity index (χ2n) is 3.63. The molecule has 84 valence electrons. The SMILES string of the molecule is CCCCCCc1cnc(F)cc1OC. The number of unbranched alkanes of at least 4 members (excludes halogenated alkanes) is 3.